The van der Waals surface area contributed by atoms with Gasteiger partial charge < -0.3 is 10.1 Å². The van der Waals surface area contributed by atoms with Gasteiger partial charge in [0.15, 0.2) is 0 Å². The van der Waals surface area contributed by atoms with Crippen molar-refractivity contribution in [3.63, 3.8) is 0 Å². The third-order valence-corrected chi connectivity index (χ3v) is 3.47. The predicted molar refractivity (Wildman–Crippen MR) is 56.8 cm³/mol. The average Bonchev–Trinajstić information content (AvgIpc) is 2.90. The molecule has 0 atom stereocenters. The normalized spacial score (nSPS) is 15.9. The van der Waals surface area contributed by atoms with Gasteiger partial charge in [0.25, 0.3) is 0 Å². The zero-order chi connectivity index (χ0) is 10.3. The van der Waals surface area contributed by atoms with E-state index in [0.717, 1.165) is 35.1 Å². The number of aromatic amines is 1. The fourth-order valence-electron chi connectivity index (χ4n) is 1.68. The SMILES string of the molecule is CCc1[nH]c(C2CC2)c(C(=O)O)c1Br. The number of halogens is 1. The van der Waals surface area contributed by atoms with Crippen LogP contribution in [-0.4, -0.2) is 16.1 Å². The first-order valence-corrected chi connectivity index (χ1v) is 5.58. The quantitative estimate of drug-likeness (QED) is 0.875. The number of hydrogen-bond acceptors (Lipinski definition) is 1. The molecule has 1 saturated carbocycles. The van der Waals surface area contributed by atoms with Crippen LogP contribution >= 0.6 is 15.9 Å². The van der Waals surface area contributed by atoms with Gasteiger partial charge in [-0.3, -0.25) is 0 Å². The molecule has 0 aliphatic heterocycles. The Hall–Kier alpha value is -0.770. The van der Waals surface area contributed by atoms with Gasteiger partial charge in [0, 0.05) is 11.4 Å². The van der Waals surface area contributed by atoms with Crippen molar-refractivity contribution in [1.82, 2.24) is 4.98 Å². The average molecular weight is 258 g/mol. The minimum absolute atomic E-state index is 0.435. The highest BCUT2D eigenvalue weighted by Gasteiger charge is 2.32. The van der Waals surface area contributed by atoms with E-state index in [1.54, 1.807) is 0 Å². The van der Waals surface area contributed by atoms with Crippen molar-refractivity contribution in [3.8, 4) is 0 Å². The lowest BCUT2D eigenvalue weighted by Gasteiger charge is -1.96. The van der Waals surface area contributed by atoms with Gasteiger partial charge in [0.1, 0.15) is 0 Å². The van der Waals surface area contributed by atoms with Crippen molar-refractivity contribution in [1.29, 1.82) is 0 Å². The molecule has 14 heavy (non-hydrogen) atoms. The molecule has 1 aliphatic rings. The molecule has 1 aromatic rings. The largest absolute Gasteiger partial charge is 0.478 e. The van der Waals surface area contributed by atoms with Gasteiger partial charge in [-0.25, -0.2) is 4.79 Å². The monoisotopic (exact) mass is 257 g/mol. The molecule has 2 rings (SSSR count). The summed E-state index contributed by atoms with van der Waals surface area (Å²) in [7, 11) is 0. The molecule has 0 unspecified atom stereocenters. The number of rotatable bonds is 3. The Balaban J connectivity index is 2.51. The molecule has 1 fully saturated rings. The van der Waals surface area contributed by atoms with Gasteiger partial charge in [-0.05, 0) is 41.1 Å². The van der Waals surface area contributed by atoms with E-state index in [9.17, 15) is 4.79 Å². The minimum Gasteiger partial charge on any atom is -0.478 e. The van der Waals surface area contributed by atoms with Crippen molar-refractivity contribution in [2.75, 3.05) is 0 Å². The fourth-order valence-corrected chi connectivity index (χ4v) is 2.44. The van der Waals surface area contributed by atoms with Crippen LogP contribution < -0.4 is 0 Å². The summed E-state index contributed by atoms with van der Waals surface area (Å²) in [5, 5.41) is 9.08. The second-order valence-corrected chi connectivity index (χ2v) is 4.43. The van der Waals surface area contributed by atoms with E-state index in [4.69, 9.17) is 5.11 Å². The number of nitrogens with one attached hydrogen (secondary N) is 1. The first kappa shape index (κ1) is 9.77. The molecular weight excluding hydrogens is 246 g/mol. The smallest absolute Gasteiger partial charge is 0.338 e. The molecule has 1 aromatic heterocycles. The zero-order valence-electron chi connectivity index (χ0n) is 7.93. The van der Waals surface area contributed by atoms with Crippen LogP contribution in [0.4, 0.5) is 0 Å². The lowest BCUT2D eigenvalue weighted by molar-refractivity contribution is 0.0695. The third kappa shape index (κ3) is 1.47. The molecule has 1 heterocycles. The lowest BCUT2D eigenvalue weighted by Crippen LogP contribution is -1.99. The molecule has 4 heteroatoms. The Labute approximate surface area is 90.6 Å². The Morgan fingerprint density at radius 1 is 1.64 bits per heavy atom. The van der Waals surface area contributed by atoms with Crippen LogP contribution in [0.1, 0.15) is 47.4 Å². The Morgan fingerprint density at radius 2 is 2.29 bits per heavy atom. The van der Waals surface area contributed by atoms with Gasteiger partial charge in [-0.1, -0.05) is 6.92 Å². The van der Waals surface area contributed by atoms with Crippen LogP contribution in [0.25, 0.3) is 0 Å². The van der Waals surface area contributed by atoms with E-state index in [0.29, 0.717) is 11.5 Å². The fraction of sp³-hybridized carbons (Fsp3) is 0.500. The molecule has 0 radical (unpaired) electrons. The van der Waals surface area contributed by atoms with Crippen molar-refractivity contribution in [2.45, 2.75) is 32.1 Å². The number of aromatic carboxylic acids is 1. The number of hydrogen-bond donors (Lipinski definition) is 2. The molecule has 1 aliphatic carbocycles. The van der Waals surface area contributed by atoms with Gasteiger partial charge in [0.2, 0.25) is 0 Å². The van der Waals surface area contributed by atoms with Crippen molar-refractivity contribution < 1.29 is 9.90 Å². The maximum atomic E-state index is 11.1. The highest BCUT2D eigenvalue weighted by Crippen LogP contribution is 2.43. The predicted octanol–water partition coefficient (Wildman–Crippen LogP) is 2.92. The first-order valence-electron chi connectivity index (χ1n) is 4.78. The third-order valence-electron chi connectivity index (χ3n) is 2.59. The summed E-state index contributed by atoms with van der Waals surface area (Å²) in [6, 6.07) is 0. The Kier molecular flexibility index (Phi) is 2.39. The summed E-state index contributed by atoms with van der Waals surface area (Å²) in [6.45, 7) is 2.01. The van der Waals surface area contributed by atoms with Crippen LogP contribution in [0.3, 0.4) is 0 Å². The minimum atomic E-state index is -0.838. The maximum Gasteiger partial charge on any atom is 0.338 e. The van der Waals surface area contributed by atoms with Crippen LogP contribution in [0.5, 0.6) is 0 Å². The second kappa shape index (κ2) is 3.42. The van der Waals surface area contributed by atoms with Gasteiger partial charge in [0.05, 0.1) is 10.0 Å². The summed E-state index contributed by atoms with van der Waals surface area (Å²) < 4.78 is 0.731. The van der Waals surface area contributed by atoms with Crippen LogP contribution in [-0.2, 0) is 6.42 Å². The second-order valence-electron chi connectivity index (χ2n) is 3.64. The summed E-state index contributed by atoms with van der Waals surface area (Å²) in [4.78, 5) is 14.3. The number of carboxylic acid groups (broad SMARTS) is 1. The maximum absolute atomic E-state index is 11.1. The van der Waals surface area contributed by atoms with Gasteiger partial charge >= 0.3 is 5.97 Å². The van der Waals surface area contributed by atoms with Gasteiger partial charge in [-0.2, -0.15) is 0 Å². The van der Waals surface area contributed by atoms with Crippen molar-refractivity contribution in [3.05, 3.63) is 21.4 Å². The Bertz CT molecular complexity index is 380. The molecule has 0 saturated heterocycles. The number of aryl methyl sites for hydroxylation is 1. The number of carbonyl (C=O) groups is 1. The van der Waals surface area contributed by atoms with E-state index in [1.165, 1.54) is 0 Å². The summed E-state index contributed by atoms with van der Waals surface area (Å²) >= 11 is 3.35. The standard InChI is InChI=1S/C10H12BrNO2/c1-2-6-8(11)7(10(13)14)9(12-6)5-3-4-5/h5,12H,2-4H2,1H3,(H,13,14). The van der Waals surface area contributed by atoms with Crippen molar-refractivity contribution in [2.24, 2.45) is 0 Å². The van der Waals surface area contributed by atoms with E-state index in [-0.39, 0.29) is 0 Å². The molecule has 0 aromatic carbocycles. The van der Waals surface area contributed by atoms with Crippen LogP contribution in [0, 0.1) is 0 Å². The molecule has 2 N–H and O–H groups in total. The number of H-pyrrole nitrogens is 1. The number of aromatic nitrogens is 1. The van der Waals surface area contributed by atoms with Crippen LogP contribution in [0.15, 0.2) is 4.47 Å². The highest BCUT2D eigenvalue weighted by molar-refractivity contribution is 9.10. The lowest BCUT2D eigenvalue weighted by atomic mass is 10.2. The van der Waals surface area contributed by atoms with Gasteiger partial charge in [-0.15, -0.1) is 0 Å². The Morgan fingerprint density at radius 3 is 2.71 bits per heavy atom. The summed E-state index contributed by atoms with van der Waals surface area (Å²) in [6.07, 6.45) is 3.04. The molecular formula is C10H12BrNO2. The van der Waals surface area contributed by atoms with Crippen molar-refractivity contribution >= 4 is 21.9 Å². The zero-order valence-corrected chi connectivity index (χ0v) is 9.52. The molecule has 76 valence electrons. The summed E-state index contributed by atoms with van der Waals surface area (Å²) in [5.41, 5.74) is 2.33. The number of carboxylic acids is 1. The molecule has 0 spiro atoms. The first-order chi connectivity index (χ1) is 6.65. The topological polar surface area (TPSA) is 53.1 Å². The van der Waals surface area contributed by atoms with Crippen LogP contribution in [0.2, 0.25) is 0 Å². The van der Waals surface area contributed by atoms with E-state index >= 15 is 0 Å². The molecule has 0 amide bonds. The van der Waals surface area contributed by atoms with E-state index in [2.05, 4.69) is 20.9 Å². The highest BCUT2D eigenvalue weighted by atomic mass is 79.9. The van der Waals surface area contributed by atoms with E-state index in [1.807, 2.05) is 6.92 Å². The molecule has 3 nitrogen and oxygen atoms in total. The summed E-state index contributed by atoms with van der Waals surface area (Å²) in [5.74, 6) is -0.396. The van der Waals surface area contributed by atoms with E-state index < -0.39 is 5.97 Å². The molecule has 0 bridgehead atoms.